The minimum atomic E-state index is -0.0942. The maximum atomic E-state index is 12.4. The number of amides is 1. The normalized spacial score (nSPS) is 17.8. The number of benzene rings is 3. The van der Waals surface area contributed by atoms with Crippen LogP contribution in [0.15, 0.2) is 109 Å². The number of piperidine rings is 1. The monoisotopic (exact) mass is 592 g/mol. The first-order valence-corrected chi connectivity index (χ1v) is 15.8. The zero-order valence-corrected chi connectivity index (χ0v) is 25.6. The largest absolute Gasteiger partial charge is 0.493 e. The van der Waals surface area contributed by atoms with Gasteiger partial charge in [-0.1, -0.05) is 91.0 Å². The number of hydrogen-bond donors (Lipinski definition) is 1. The van der Waals surface area contributed by atoms with Crippen molar-refractivity contribution in [2.24, 2.45) is 0 Å². The molecule has 1 fully saturated rings. The van der Waals surface area contributed by atoms with Gasteiger partial charge >= 0.3 is 0 Å². The highest BCUT2D eigenvalue weighted by molar-refractivity contribution is 5.87. The summed E-state index contributed by atoms with van der Waals surface area (Å²) in [7, 11) is 1.65. The number of ether oxygens (including phenoxy) is 3. The zero-order chi connectivity index (χ0) is 30.4. The van der Waals surface area contributed by atoms with Gasteiger partial charge in [-0.25, -0.2) is 0 Å². The van der Waals surface area contributed by atoms with Crippen molar-refractivity contribution in [3.8, 4) is 11.5 Å². The molecule has 0 spiro atoms. The van der Waals surface area contributed by atoms with Gasteiger partial charge in [0.05, 0.1) is 13.2 Å². The number of carbonyl (C=O) groups excluding carboxylic acids is 1. The lowest BCUT2D eigenvalue weighted by molar-refractivity contribution is -0.116. The fraction of sp³-hybridized carbons (Fsp3) is 0.342. The van der Waals surface area contributed by atoms with Gasteiger partial charge in [-0.2, -0.15) is 0 Å². The molecule has 3 aromatic rings. The summed E-state index contributed by atoms with van der Waals surface area (Å²) in [5.74, 6) is 1.36. The Morgan fingerprint density at radius 1 is 0.932 bits per heavy atom. The average molecular weight is 593 g/mol. The molecule has 1 N–H and O–H groups in total. The van der Waals surface area contributed by atoms with E-state index in [1.807, 2.05) is 42.5 Å². The lowest BCUT2D eigenvalue weighted by atomic mass is 10.00. The second kappa shape index (κ2) is 16.6. The van der Waals surface area contributed by atoms with Crippen molar-refractivity contribution in [2.45, 2.75) is 50.4 Å². The van der Waals surface area contributed by atoms with Gasteiger partial charge in [0, 0.05) is 32.3 Å². The molecule has 6 heteroatoms. The Balaban J connectivity index is 1.02. The molecule has 0 aromatic heterocycles. The summed E-state index contributed by atoms with van der Waals surface area (Å²) in [4.78, 5) is 14.8. The molecule has 230 valence electrons. The molecular formula is C38H44N2O4. The Bertz CT molecular complexity index is 1360. The SMILES string of the molecule is COc1cc(/C=C/C=C/C(=O)NCCN2CCC(OC(c3ccccc3)c3ccccc3)CC2)ccc1OC1C=CCCC1. The van der Waals surface area contributed by atoms with Gasteiger partial charge in [-0.3, -0.25) is 4.79 Å². The van der Waals surface area contributed by atoms with E-state index in [4.69, 9.17) is 14.2 Å². The summed E-state index contributed by atoms with van der Waals surface area (Å²) in [5.41, 5.74) is 3.34. The summed E-state index contributed by atoms with van der Waals surface area (Å²) < 4.78 is 18.3. The number of allylic oxidation sites excluding steroid dienone is 3. The number of carbonyl (C=O) groups is 1. The molecule has 1 aliphatic carbocycles. The highest BCUT2D eigenvalue weighted by Crippen LogP contribution is 2.32. The molecule has 0 radical (unpaired) electrons. The Morgan fingerprint density at radius 2 is 1.66 bits per heavy atom. The fourth-order valence-corrected chi connectivity index (χ4v) is 5.70. The predicted molar refractivity (Wildman–Crippen MR) is 177 cm³/mol. The van der Waals surface area contributed by atoms with Crippen LogP contribution in [-0.2, 0) is 9.53 Å². The van der Waals surface area contributed by atoms with Gasteiger partial charge in [-0.05, 0) is 67.0 Å². The predicted octanol–water partition coefficient (Wildman–Crippen LogP) is 7.14. The van der Waals surface area contributed by atoms with Crippen LogP contribution in [-0.4, -0.2) is 56.3 Å². The molecule has 6 nitrogen and oxygen atoms in total. The summed E-state index contributed by atoms with van der Waals surface area (Å²) in [5, 5.41) is 3.00. The summed E-state index contributed by atoms with van der Waals surface area (Å²) in [6, 6.07) is 26.8. The van der Waals surface area contributed by atoms with E-state index in [0.29, 0.717) is 12.3 Å². The molecule has 1 unspecified atom stereocenters. The molecule has 0 saturated carbocycles. The summed E-state index contributed by atoms with van der Waals surface area (Å²) >= 11 is 0. The Kier molecular flexibility index (Phi) is 11.8. The molecule has 0 bridgehead atoms. The number of rotatable bonds is 13. The zero-order valence-electron chi connectivity index (χ0n) is 25.6. The molecule has 44 heavy (non-hydrogen) atoms. The van der Waals surface area contributed by atoms with Crippen LogP contribution in [0.2, 0.25) is 0 Å². The lowest BCUT2D eigenvalue weighted by Gasteiger charge is -2.34. The van der Waals surface area contributed by atoms with Crippen molar-refractivity contribution in [1.82, 2.24) is 10.2 Å². The van der Waals surface area contributed by atoms with Crippen LogP contribution in [0.4, 0.5) is 0 Å². The summed E-state index contributed by atoms with van der Waals surface area (Å²) in [6.07, 6.45) is 16.9. The third-order valence-corrected chi connectivity index (χ3v) is 8.12. The molecule has 2 aliphatic rings. The highest BCUT2D eigenvalue weighted by Gasteiger charge is 2.24. The third-order valence-electron chi connectivity index (χ3n) is 8.12. The first kappa shape index (κ1) is 31.3. The van der Waals surface area contributed by atoms with Gasteiger partial charge in [0.25, 0.3) is 0 Å². The summed E-state index contributed by atoms with van der Waals surface area (Å²) in [6.45, 7) is 3.36. The Labute approximate surface area is 262 Å². The van der Waals surface area contributed by atoms with Crippen molar-refractivity contribution < 1.29 is 19.0 Å². The van der Waals surface area contributed by atoms with E-state index in [2.05, 4.69) is 70.9 Å². The maximum absolute atomic E-state index is 12.4. The topological polar surface area (TPSA) is 60.0 Å². The number of methoxy groups -OCH3 is 1. The molecule has 1 atom stereocenters. The van der Waals surface area contributed by atoms with Gasteiger partial charge in [0.2, 0.25) is 5.91 Å². The standard InChI is InChI=1S/C38H44N2O4/c1-42-36-29-30(21-22-35(36)43-33-18-9-4-10-19-33)13-11-12-20-37(41)39-25-28-40-26-23-34(24-27-40)44-38(31-14-5-2-6-15-31)32-16-7-3-8-17-32/h2-3,5-9,11-18,20-22,29,33-34,38H,4,10,19,23-28H2,1H3,(H,39,41)/b13-11+,20-12+. The van der Waals surface area contributed by atoms with Crippen molar-refractivity contribution in [2.75, 3.05) is 33.3 Å². The van der Waals surface area contributed by atoms with Crippen LogP contribution in [0, 0.1) is 0 Å². The van der Waals surface area contributed by atoms with E-state index in [-0.39, 0.29) is 24.2 Å². The number of nitrogens with zero attached hydrogens (tertiary/aromatic N) is 1. The second-order valence-corrected chi connectivity index (χ2v) is 11.3. The van der Waals surface area contributed by atoms with Gasteiger partial charge in [0.15, 0.2) is 11.5 Å². The number of hydrogen-bond acceptors (Lipinski definition) is 5. The van der Waals surface area contributed by atoms with Crippen LogP contribution >= 0.6 is 0 Å². The van der Waals surface area contributed by atoms with Crippen LogP contribution in [0.5, 0.6) is 11.5 Å². The van der Waals surface area contributed by atoms with E-state index in [9.17, 15) is 4.79 Å². The molecule has 1 saturated heterocycles. The quantitative estimate of drug-likeness (QED) is 0.130. The molecule has 1 aliphatic heterocycles. The number of likely N-dealkylation sites (tertiary alicyclic amines) is 1. The Morgan fingerprint density at radius 3 is 2.32 bits per heavy atom. The van der Waals surface area contributed by atoms with Gasteiger partial charge in [0.1, 0.15) is 12.2 Å². The van der Waals surface area contributed by atoms with Gasteiger partial charge < -0.3 is 24.4 Å². The van der Waals surface area contributed by atoms with E-state index in [1.165, 1.54) is 11.1 Å². The minimum Gasteiger partial charge on any atom is -0.493 e. The number of nitrogens with one attached hydrogen (secondary N) is 1. The van der Waals surface area contributed by atoms with Crippen molar-refractivity contribution in [3.63, 3.8) is 0 Å². The van der Waals surface area contributed by atoms with Crippen molar-refractivity contribution >= 4 is 12.0 Å². The van der Waals surface area contributed by atoms with Crippen molar-refractivity contribution in [1.29, 1.82) is 0 Å². The van der Waals surface area contributed by atoms with Crippen LogP contribution < -0.4 is 14.8 Å². The molecule has 3 aromatic carbocycles. The van der Waals surface area contributed by atoms with E-state index < -0.39 is 0 Å². The van der Waals surface area contributed by atoms with Crippen LogP contribution in [0.25, 0.3) is 6.08 Å². The highest BCUT2D eigenvalue weighted by atomic mass is 16.5. The molecule has 1 amide bonds. The average Bonchev–Trinajstić information content (AvgIpc) is 3.08. The van der Waals surface area contributed by atoms with Crippen LogP contribution in [0.1, 0.15) is 54.9 Å². The van der Waals surface area contributed by atoms with Crippen molar-refractivity contribution in [3.05, 3.63) is 126 Å². The fourth-order valence-electron chi connectivity index (χ4n) is 5.70. The third kappa shape index (κ3) is 9.43. The van der Waals surface area contributed by atoms with E-state index >= 15 is 0 Å². The molecule has 1 heterocycles. The lowest BCUT2D eigenvalue weighted by Crippen LogP contribution is -2.41. The maximum Gasteiger partial charge on any atom is 0.244 e. The van der Waals surface area contributed by atoms with Crippen LogP contribution in [0.3, 0.4) is 0 Å². The Hall–Kier alpha value is -4.13. The van der Waals surface area contributed by atoms with Gasteiger partial charge in [-0.15, -0.1) is 0 Å². The smallest absolute Gasteiger partial charge is 0.244 e. The molecule has 5 rings (SSSR count). The minimum absolute atomic E-state index is 0.0617. The first-order chi connectivity index (χ1) is 21.7. The van der Waals surface area contributed by atoms with E-state index in [1.54, 1.807) is 19.3 Å². The first-order valence-electron chi connectivity index (χ1n) is 15.8. The molecular weight excluding hydrogens is 548 g/mol. The second-order valence-electron chi connectivity index (χ2n) is 11.3. The van der Waals surface area contributed by atoms with E-state index in [0.717, 1.165) is 63.1 Å².